The molecule has 4 rings (SSSR count). The zero-order valence-corrected chi connectivity index (χ0v) is 19.9. The van der Waals surface area contributed by atoms with Gasteiger partial charge in [0.1, 0.15) is 11.6 Å². The van der Waals surface area contributed by atoms with Crippen LogP contribution in [0.5, 0.6) is 5.75 Å². The molecule has 2 atom stereocenters. The van der Waals surface area contributed by atoms with E-state index in [4.69, 9.17) is 9.47 Å². The molecule has 1 saturated heterocycles. The van der Waals surface area contributed by atoms with Crippen LogP contribution in [-0.4, -0.2) is 49.1 Å². The van der Waals surface area contributed by atoms with E-state index < -0.39 is 6.04 Å². The predicted octanol–water partition coefficient (Wildman–Crippen LogP) is 4.02. The number of halogens is 1. The molecule has 2 aromatic rings. The van der Waals surface area contributed by atoms with Gasteiger partial charge in [-0.05, 0) is 66.1 Å². The van der Waals surface area contributed by atoms with E-state index in [9.17, 15) is 14.0 Å². The van der Waals surface area contributed by atoms with Crippen LogP contribution in [0.2, 0.25) is 0 Å². The summed E-state index contributed by atoms with van der Waals surface area (Å²) in [5.74, 6) is 0.282. The molecule has 2 aliphatic rings. The first-order chi connectivity index (χ1) is 16.4. The van der Waals surface area contributed by atoms with Gasteiger partial charge in [0.05, 0.1) is 12.1 Å². The van der Waals surface area contributed by atoms with Gasteiger partial charge >= 0.3 is 0 Å². The van der Waals surface area contributed by atoms with Gasteiger partial charge in [-0.15, -0.1) is 0 Å². The minimum atomic E-state index is -0.400. The van der Waals surface area contributed by atoms with Crippen LogP contribution in [0.15, 0.2) is 42.5 Å². The molecule has 0 spiro atoms. The molecule has 0 saturated carbocycles. The van der Waals surface area contributed by atoms with Crippen molar-refractivity contribution in [1.82, 2.24) is 10.2 Å². The lowest BCUT2D eigenvalue weighted by Crippen LogP contribution is -2.41. The second-order valence-corrected chi connectivity index (χ2v) is 9.48. The maximum atomic E-state index is 14.1. The zero-order chi connectivity index (χ0) is 24.1. The molecule has 2 aromatic carbocycles. The summed E-state index contributed by atoms with van der Waals surface area (Å²) in [7, 11) is 0. The van der Waals surface area contributed by atoms with Gasteiger partial charge < -0.3 is 19.7 Å². The second kappa shape index (κ2) is 11.0. The summed E-state index contributed by atoms with van der Waals surface area (Å²) >= 11 is 0. The van der Waals surface area contributed by atoms with E-state index in [1.807, 2.05) is 43.0 Å². The summed E-state index contributed by atoms with van der Waals surface area (Å²) in [6.45, 7) is 5.74. The lowest BCUT2D eigenvalue weighted by atomic mass is 9.87. The molecule has 0 aliphatic carbocycles. The number of nitrogens with zero attached hydrogens (tertiary/aromatic N) is 1. The van der Waals surface area contributed by atoms with E-state index in [-0.39, 0.29) is 36.3 Å². The van der Waals surface area contributed by atoms with E-state index in [0.29, 0.717) is 31.7 Å². The Balaban J connectivity index is 1.52. The number of fused-ring (bicyclic) bond motifs is 1. The highest BCUT2D eigenvalue weighted by Crippen LogP contribution is 2.38. The van der Waals surface area contributed by atoms with E-state index in [1.165, 1.54) is 12.1 Å². The zero-order valence-electron chi connectivity index (χ0n) is 19.9. The first-order valence-electron chi connectivity index (χ1n) is 12.1. The highest BCUT2D eigenvalue weighted by Gasteiger charge is 2.32. The summed E-state index contributed by atoms with van der Waals surface area (Å²) in [6.07, 6.45) is 3.21. The van der Waals surface area contributed by atoms with Crippen molar-refractivity contribution in [2.75, 3.05) is 26.3 Å². The Kier molecular flexibility index (Phi) is 7.83. The normalized spacial score (nSPS) is 19.7. The van der Waals surface area contributed by atoms with Crippen LogP contribution in [0.3, 0.4) is 0 Å². The lowest BCUT2D eigenvalue weighted by molar-refractivity contribution is -0.134. The number of ether oxygens (including phenoxy) is 2. The second-order valence-electron chi connectivity index (χ2n) is 9.48. The number of hydrogen-bond donors (Lipinski definition) is 1. The standard InChI is InChI=1S/C27H33FN2O4/c1-18(2)13-26(32)30-11-10-19-8-9-22(34-17-25(31)29-16-23-7-4-12-33-23)15-24(19)27(30)20-5-3-6-21(28)14-20/h3,5-6,8-9,14-15,18,23,27H,4,7,10-13,16-17H2,1-2H3,(H,29,31). The lowest BCUT2D eigenvalue weighted by Gasteiger charge is -2.38. The summed E-state index contributed by atoms with van der Waals surface area (Å²) in [5.41, 5.74) is 2.73. The van der Waals surface area contributed by atoms with Crippen molar-refractivity contribution in [2.45, 2.75) is 51.7 Å². The van der Waals surface area contributed by atoms with Crippen LogP contribution in [0.4, 0.5) is 4.39 Å². The average Bonchev–Trinajstić information content (AvgIpc) is 3.34. The molecule has 1 N–H and O–H groups in total. The SMILES string of the molecule is CC(C)CC(=O)N1CCc2ccc(OCC(=O)NCC3CCCO3)cc2C1c1cccc(F)c1. The number of nitrogens with one attached hydrogen (secondary N) is 1. The Bertz CT molecular complexity index is 1020. The fraction of sp³-hybridized carbons (Fsp3) is 0.481. The quantitative estimate of drug-likeness (QED) is 0.636. The number of rotatable bonds is 8. The third kappa shape index (κ3) is 5.95. The number of carbonyl (C=O) groups excluding carboxylic acids is 2. The predicted molar refractivity (Wildman–Crippen MR) is 127 cm³/mol. The molecule has 182 valence electrons. The van der Waals surface area contributed by atoms with Gasteiger partial charge in [-0.2, -0.15) is 0 Å². The van der Waals surface area contributed by atoms with E-state index in [0.717, 1.165) is 36.1 Å². The van der Waals surface area contributed by atoms with Gasteiger partial charge in [-0.3, -0.25) is 9.59 Å². The van der Waals surface area contributed by atoms with Gasteiger partial charge in [0.15, 0.2) is 6.61 Å². The Morgan fingerprint density at radius 3 is 2.82 bits per heavy atom. The highest BCUT2D eigenvalue weighted by atomic mass is 19.1. The van der Waals surface area contributed by atoms with Gasteiger partial charge in [-0.1, -0.05) is 32.0 Å². The molecule has 2 aliphatic heterocycles. The molecular formula is C27H33FN2O4. The molecular weight excluding hydrogens is 435 g/mol. The van der Waals surface area contributed by atoms with E-state index in [1.54, 1.807) is 6.07 Å². The number of hydrogen-bond acceptors (Lipinski definition) is 4. The maximum absolute atomic E-state index is 14.1. The van der Waals surface area contributed by atoms with Crippen molar-refractivity contribution in [1.29, 1.82) is 0 Å². The molecule has 1 fully saturated rings. The van der Waals surface area contributed by atoms with Crippen LogP contribution < -0.4 is 10.1 Å². The molecule has 7 heteroatoms. The molecule has 2 amide bonds. The third-order valence-electron chi connectivity index (χ3n) is 6.33. The summed E-state index contributed by atoms with van der Waals surface area (Å²) in [4.78, 5) is 27.2. The summed E-state index contributed by atoms with van der Waals surface area (Å²) in [5, 5.41) is 2.85. The van der Waals surface area contributed by atoms with Crippen molar-refractivity contribution < 1.29 is 23.5 Å². The van der Waals surface area contributed by atoms with E-state index >= 15 is 0 Å². The number of amides is 2. The fourth-order valence-electron chi connectivity index (χ4n) is 4.69. The average molecular weight is 469 g/mol. The van der Waals surface area contributed by atoms with Crippen LogP contribution in [0, 0.1) is 11.7 Å². The fourth-order valence-corrected chi connectivity index (χ4v) is 4.69. The van der Waals surface area contributed by atoms with Gasteiger partial charge in [0.25, 0.3) is 5.91 Å². The van der Waals surface area contributed by atoms with Gasteiger partial charge in [0.2, 0.25) is 5.91 Å². The maximum Gasteiger partial charge on any atom is 0.258 e. The van der Waals surface area contributed by atoms with E-state index in [2.05, 4.69) is 5.32 Å². The Morgan fingerprint density at radius 1 is 1.24 bits per heavy atom. The minimum absolute atomic E-state index is 0.0507. The minimum Gasteiger partial charge on any atom is -0.484 e. The molecule has 34 heavy (non-hydrogen) atoms. The molecule has 2 unspecified atom stereocenters. The van der Waals surface area contributed by atoms with Crippen molar-refractivity contribution >= 4 is 11.8 Å². The number of carbonyl (C=O) groups is 2. The molecule has 0 radical (unpaired) electrons. The first kappa shape index (κ1) is 24.2. The largest absolute Gasteiger partial charge is 0.484 e. The highest BCUT2D eigenvalue weighted by molar-refractivity contribution is 5.78. The van der Waals surface area contributed by atoms with Crippen molar-refractivity contribution in [3.05, 3.63) is 65.0 Å². The third-order valence-corrected chi connectivity index (χ3v) is 6.33. The Labute approximate surface area is 200 Å². The monoisotopic (exact) mass is 468 g/mol. The summed E-state index contributed by atoms with van der Waals surface area (Å²) in [6, 6.07) is 11.7. The van der Waals surface area contributed by atoms with Gasteiger partial charge in [-0.25, -0.2) is 4.39 Å². The van der Waals surface area contributed by atoms with Crippen LogP contribution in [0.1, 0.15) is 55.8 Å². The molecule has 6 nitrogen and oxygen atoms in total. The van der Waals surface area contributed by atoms with Gasteiger partial charge in [0, 0.05) is 26.1 Å². The molecule has 0 aromatic heterocycles. The number of benzene rings is 2. The molecule has 2 heterocycles. The molecule has 0 bridgehead atoms. The van der Waals surface area contributed by atoms with Crippen LogP contribution >= 0.6 is 0 Å². The Morgan fingerprint density at radius 2 is 2.09 bits per heavy atom. The van der Waals surface area contributed by atoms with Crippen molar-refractivity contribution in [3.63, 3.8) is 0 Å². The van der Waals surface area contributed by atoms with Crippen LogP contribution in [0.25, 0.3) is 0 Å². The van der Waals surface area contributed by atoms with Crippen molar-refractivity contribution in [3.8, 4) is 5.75 Å². The summed E-state index contributed by atoms with van der Waals surface area (Å²) < 4.78 is 25.4. The smallest absolute Gasteiger partial charge is 0.258 e. The Hall–Kier alpha value is -2.93. The topological polar surface area (TPSA) is 67.9 Å². The first-order valence-corrected chi connectivity index (χ1v) is 12.1. The van der Waals surface area contributed by atoms with Crippen LogP contribution in [-0.2, 0) is 20.7 Å². The van der Waals surface area contributed by atoms with Crippen molar-refractivity contribution in [2.24, 2.45) is 5.92 Å².